The summed E-state index contributed by atoms with van der Waals surface area (Å²) in [6, 6.07) is 15.3. The molecule has 6 nitrogen and oxygen atoms in total. The van der Waals surface area contributed by atoms with Gasteiger partial charge >= 0.3 is 5.97 Å². The van der Waals surface area contributed by atoms with Gasteiger partial charge in [0.15, 0.2) is 6.10 Å². The number of likely N-dealkylation sites (tertiary alicyclic amines) is 1. The summed E-state index contributed by atoms with van der Waals surface area (Å²) in [6.07, 6.45) is 4.41. The number of hydrogen-bond acceptors (Lipinski definition) is 5. The fraction of sp³-hybridized carbons (Fsp3) is 0.400. The second-order valence-corrected chi connectivity index (χ2v) is 10.7. The van der Waals surface area contributed by atoms with Gasteiger partial charge in [-0.25, -0.2) is 4.79 Å². The highest BCUT2D eigenvalue weighted by Crippen LogP contribution is 2.65. The molecule has 0 spiro atoms. The van der Waals surface area contributed by atoms with Crippen molar-refractivity contribution >= 4 is 23.6 Å². The predicted octanol–water partition coefficient (Wildman–Crippen LogP) is 3.77. The molecule has 4 aliphatic carbocycles. The van der Waals surface area contributed by atoms with E-state index in [9.17, 15) is 19.2 Å². The van der Waals surface area contributed by atoms with Gasteiger partial charge in [0.25, 0.3) is 0 Å². The number of carbonyl (C=O) groups is 4. The third-order valence-electron chi connectivity index (χ3n) is 8.55. The van der Waals surface area contributed by atoms with Gasteiger partial charge < -0.3 is 4.74 Å². The van der Waals surface area contributed by atoms with Gasteiger partial charge in [-0.1, -0.05) is 72.3 Å². The number of hydrogen-bond donors (Lipinski definition) is 0. The molecular formula is C30H29NO5. The third kappa shape index (κ3) is 3.62. The van der Waals surface area contributed by atoms with E-state index in [4.69, 9.17) is 4.74 Å². The summed E-state index contributed by atoms with van der Waals surface area (Å²) in [6.45, 7) is 3.46. The summed E-state index contributed by atoms with van der Waals surface area (Å²) in [5, 5.41) is 0. The molecule has 6 heteroatoms. The lowest BCUT2D eigenvalue weighted by Gasteiger charge is -2.37. The number of amides is 2. The maximum atomic E-state index is 13.7. The fourth-order valence-electron chi connectivity index (χ4n) is 6.66. The third-order valence-corrected chi connectivity index (χ3v) is 8.55. The van der Waals surface area contributed by atoms with Gasteiger partial charge in [-0.3, -0.25) is 19.3 Å². The summed E-state index contributed by atoms with van der Waals surface area (Å²) in [4.78, 5) is 55.1. The number of imide groups is 1. The van der Waals surface area contributed by atoms with Gasteiger partial charge in [-0.05, 0) is 49.5 Å². The lowest BCUT2D eigenvalue weighted by molar-refractivity contribution is -0.160. The Morgan fingerprint density at radius 1 is 0.917 bits per heavy atom. The lowest BCUT2D eigenvalue weighted by Crippen LogP contribution is -2.49. The first-order chi connectivity index (χ1) is 17.3. The fourth-order valence-corrected chi connectivity index (χ4v) is 6.66. The van der Waals surface area contributed by atoms with E-state index in [-0.39, 0.29) is 35.9 Å². The lowest BCUT2D eigenvalue weighted by atomic mass is 9.63. The zero-order valence-corrected chi connectivity index (χ0v) is 20.4. The minimum absolute atomic E-state index is 0.0712. The zero-order chi connectivity index (χ0) is 25.1. The minimum atomic E-state index is -1.11. The summed E-state index contributed by atoms with van der Waals surface area (Å²) in [7, 11) is 0. The number of ether oxygens (including phenoxy) is 1. The average molecular weight is 484 g/mol. The Balaban J connectivity index is 1.27. The quantitative estimate of drug-likeness (QED) is 0.259. The number of aryl methyl sites for hydroxylation is 1. The van der Waals surface area contributed by atoms with Crippen molar-refractivity contribution in [1.29, 1.82) is 0 Å². The first kappa shape index (κ1) is 22.9. The summed E-state index contributed by atoms with van der Waals surface area (Å²) < 4.78 is 5.64. The van der Waals surface area contributed by atoms with Crippen molar-refractivity contribution in [1.82, 2.24) is 4.90 Å². The van der Waals surface area contributed by atoms with Crippen LogP contribution in [0, 0.1) is 42.4 Å². The molecule has 5 aliphatic rings. The zero-order valence-electron chi connectivity index (χ0n) is 20.4. The van der Waals surface area contributed by atoms with Crippen LogP contribution in [0.5, 0.6) is 0 Å². The molecule has 1 saturated heterocycles. The molecule has 2 amide bonds. The first-order valence-corrected chi connectivity index (χ1v) is 12.8. The van der Waals surface area contributed by atoms with Crippen LogP contribution in [0.2, 0.25) is 0 Å². The van der Waals surface area contributed by atoms with Crippen LogP contribution in [-0.2, 0) is 25.5 Å². The van der Waals surface area contributed by atoms with Crippen LogP contribution < -0.4 is 0 Å². The largest absolute Gasteiger partial charge is 0.453 e. The van der Waals surface area contributed by atoms with Crippen molar-refractivity contribution < 1.29 is 23.9 Å². The molecule has 36 heavy (non-hydrogen) atoms. The number of allylic oxidation sites excluding steroid dienone is 2. The molecule has 2 bridgehead atoms. The van der Waals surface area contributed by atoms with Crippen LogP contribution >= 0.6 is 0 Å². The van der Waals surface area contributed by atoms with Gasteiger partial charge in [0.05, 0.1) is 11.8 Å². The normalized spacial score (nSPS) is 31.0. The standard InChI is InChI=1S/C30H29NO5/c1-16-8-10-19(11-9-16)27(32)17(2)36-30(35)24(14-18-6-4-3-5-7-18)31-28(33)25-20-12-13-21(23-15-22(20)23)26(25)29(31)34/h3-13,17,20-26H,14-15H2,1-2H3/t17-,20-,21-,22-,23+,24-,25-,26+/m0/s1. The number of benzene rings is 2. The van der Waals surface area contributed by atoms with Gasteiger partial charge in [0.1, 0.15) is 6.04 Å². The van der Waals surface area contributed by atoms with E-state index in [0.29, 0.717) is 17.4 Å². The van der Waals surface area contributed by atoms with Gasteiger partial charge in [0.2, 0.25) is 17.6 Å². The van der Waals surface area contributed by atoms with Gasteiger partial charge in [-0.2, -0.15) is 0 Å². The Hall–Kier alpha value is -3.54. The predicted molar refractivity (Wildman–Crippen MR) is 132 cm³/mol. The molecule has 2 aromatic rings. The van der Waals surface area contributed by atoms with Crippen LogP contribution in [0.4, 0.5) is 0 Å². The highest BCUT2D eigenvalue weighted by Gasteiger charge is 2.68. The maximum Gasteiger partial charge on any atom is 0.330 e. The monoisotopic (exact) mass is 483 g/mol. The second-order valence-electron chi connectivity index (χ2n) is 10.7. The van der Waals surface area contributed by atoms with Crippen molar-refractivity contribution in [2.24, 2.45) is 35.5 Å². The average Bonchev–Trinajstić information content (AvgIpc) is 3.67. The Morgan fingerprint density at radius 2 is 1.50 bits per heavy atom. The topological polar surface area (TPSA) is 80.8 Å². The van der Waals surface area contributed by atoms with Crippen LogP contribution in [0.25, 0.3) is 0 Å². The van der Waals surface area contributed by atoms with E-state index in [2.05, 4.69) is 12.2 Å². The molecule has 0 aromatic heterocycles. The van der Waals surface area contributed by atoms with Crippen molar-refractivity contribution in [3.05, 3.63) is 83.4 Å². The number of Topliss-reactive ketones (excluding diaryl/α,β-unsaturated/α-hetero) is 1. The summed E-state index contributed by atoms with van der Waals surface area (Å²) >= 11 is 0. The van der Waals surface area contributed by atoms with Crippen molar-refractivity contribution in [2.45, 2.75) is 38.8 Å². The number of nitrogens with zero attached hydrogens (tertiary/aromatic N) is 1. The molecule has 3 fully saturated rings. The highest BCUT2D eigenvalue weighted by atomic mass is 16.5. The first-order valence-electron chi connectivity index (χ1n) is 12.8. The molecule has 2 saturated carbocycles. The van der Waals surface area contributed by atoms with Crippen molar-refractivity contribution in [2.75, 3.05) is 0 Å². The number of carbonyl (C=O) groups excluding carboxylic acids is 4. The number of ketones is 1. The Bertz CT molecular complexity index is 1230. The molecule has 1 heterocycles. The van der Waals surface area contributed by atoms with Crippen LogP contribution in [-0.4, -0.2) is 40.6 Å². The maximum absolute atomic E-state index is 13.7. The number of esters is 1. The summed E-state index contributed by atoms with van der Waals surface area (Å²) in [5.74, 6) is -1.29. The highest BCUT2D eigenvalue weighted by molar-refractivity contribution is 6.09. The van der Waals surface area contributed by atoms with Gasteiger partial charge in [-0.15, -0.1) is 0 Å². The van der Waals surface area contributed by atoms with E-state index in [1.807, 2.05) is 49.4 Å². The van der Waals surface area contributed by atoms with E-state index >= 15 is 0 Å². The molecule has 7 rings (SSSR count). The molecule has 2 aromatic carbocycles. The molecule has 1 aliphatic heterocycles. The minimum Gasteiger partial charge on any atom is -0.453 e. The second kappa shape index (κ2) is 8.54. The van der Waals surface area contributed by atoms with E-state index in [1.54, 1.807) is 12.1 Å². The van der Waals surface area contributed by atoms with Crippen molar-refractivity contribution in [3.63, 3.8) is 0 Å². The van der Waals surface area contributed by atoms with Crippen LogP contribution in [0.3, 0.4) is 0 Å². The smallest absolute Gasteiger partial charge is 0.330 e. The molecule has 0 unspecified atom stereocenters. The van der Waals surface area contributed by atoms with Crippen LogP contribution in [0.15, 0.2) is 66.7 Å². The molecule has 0 N–H and O–H groups in total. The van der Waals surface area contributed by atoms with Gasteiger partial charge in [0, 0.05) is 12.0 Å². The Labute approximate surface area is 210 Å². The molecule has 0 radical (unpaired) electrons. The van der Waals surface area contributed by atoms with E-state index < -0.39 is 30.0 Å². The summed E-state index contributed by atoms with van der Waals surface area (Å²) in [5.41, 5.74) is 2.28. The Kier molecular flexibility index (Phi) is 5.43. The van der Waals surface area contributed by atoms with Crippen molar-refractivity contribution in [3.8, 4) is 0 Å². The SMILES string of the molecule is Cc1ccc(C(=O)[C@H](C)OC(=O)[C@H](Cc2ccccc2)N2C(=O)[C@@H]3[C@H]4C=C[C@@H]([C@@H]5C[C@H]45)[C@@H]3C2=O)cc1. The van der Waals surface area contributed by atoms with E-state index in [0.717, 1.165) is 17.5 Å². The van der Waals surface area contributed by atoms with Crippen LogP contribution in [0.1, 0.15) is 34.8 Å². The molecule has 8 atom stereocenters. The van der Waals surface area contributed by atoms with E-state index in [1.165, 1.54) is 11.8 Å². The molecular weight excluding hydrogens is 454 g/mol. The number of rotatable bonds is 7. The molecule has 184 valence electrons. The Morgan fingerprint density at radius 3 is 2.08 bits per heavy atom.